The molecule has 2 rings (SSSR count). The number of carbonyl (C=O) groups excluding carboxylic acids is 2. The molecule has 1 amide bonds. The lowest BCUT2D eigenvalue weighted by atomic mass is 10.2. The molecular formula is C24H29Cl2N3O6. The lowest BCUT2D eigenvalue weighted by molar-refractivity contribution is -0.126. The minimum atomic E-state index is -1.54. The van der Waals surface area contributed by atoms with Crippen LogP contribution in [-0.2, 0) is 9.59 Å². The number of nitrogens with zero attached hydrogens (tertiary/aromatic N) is 3. The van der Waals surface area contributed by atoms with Gasteiger partial charge in [-0.1, -0.05) is 17.7 Å². The summed E-state index contributed by atoms with van der Waals surface area (Å²) >= 11 is 12.7. The van der Waals surface area contributed by atoms with Gasteiger partial charge in [-0.3, -0.25) is 9.59 Å². The summed E-state index contributed by atoms with van der Waals surface area (Å²) < 4.78 is 23.2. The first-order chi connectivity index (χ1) is 16.8. The zero-order chi connectivity index (χ0) is 26.0. The number of hydrogen-bond donors (Lipinski definition) is 0. The van der Waals surface area contributed by atoms with Crippen LogP contribution in [0.25, 0.3) is 0 Å². The van der Waals surface area contributed by atoms with Gasteiger partial charge in [0.05, 0.1) is 31.5 Å². The van der Waals surface area contributed by atoms with Crippen LogP contribution in [0.1, 0.15) is 34.6 Å². The Morgan fingerprint density at radius 3 is 2.09 bits per heavy atom. The Morgan fingerprint density at radius 2 is 1.49 bits per heavy atom. The number of rotatable bonds is 13. The number of carbonyl (C=O) groups is 2. The van der Waals surface area contributed by atoms with Gasteiger partial charge in [0.15, 0.2) is 34.5 Å². The van der Waals surface area contributed by atoms with Gasteiger partial charge in [-0.15, -0.1) is 5.11 Å². The minimum absolute atomic E-state index is 0.162. The van der Waals surface area contributed by atoms with E-state index in [-0.39, 0.29) is 27.9 Å². The van der Waals surface area contributed by atoms with Crippen LogP contribution < -0.4 is 23.4 Å². The second-order valence-corrected chi connectivity index (χ2v) is 7.65. The first-order valence-electron chi connectivity index (χ1n) is 11.2. The monoisotopic (exact) mass is 525 g/mol. The Bertz CT molecular complexity index is 1060. The number of amides is 1. The van der Waals surface area contributed by atoms with Gasteiger partial charge in [-0.25, -0.2) is 4.42 Å². The van der Waals surface area contributed by atoms with Crippen molar-refractivity contribution in [3.05, 3.63) is 35.4 Å². The van der Waals surface area contributed by atoms with Gasteiger partial charge in [0.2, 0.25) is 6.04 Å². The van der Waals surface area contributed by atoms with Crippen LogP contribution in [-0.4, -0.2) is 44.2 Å². The molecule has 11 heteroatoms. The number of anilines is 1. The van der Waals surface area contributed by atoms with Gasteiger partial charge >= 0.3 is 0 Å². The van der Waals surface area contributed by atoms with E-state index in [0.717, 1.165) is 4.42 Å². The Kier molecular flexibility index (Phi) is 11.1. The van der Waals surface area contributed by atoms with E-state index < -0.39 is 17.7 Å². The molecule has 0 N–H and O–H groups in total. The third-order valence-electron chi connectivity index (χ3n) is 4.48. The van der Waals surface area contributed by atoms with E-state index in [2.05, 4.69) is 10.2 Å². The van der Waals surface area contributed by atoms with Crippen LogP contribution in [0.3, 0.4) is 0 Å². The number of ketones is 1. The minimum Gasteiger partial charge on any atom is -0.491 e. The molecule has 0 radical (unpaired) electrons. The molecule has 2 aromatic carbocycles. The van der Waals surface area contributed by atoms with Crippen molar-refractivity contribution in [3.63, 3.8) is 0 Å². The van der Waals surface area contributed by atoms with Crippen LogP contribution >= 0.6 is 23.4 Å². The van der Waals surface area contributed by atoms with Crippen LogP contribution in [0.4, 0.5) is 11.4 Å². The first kappa shape index (κ1) is 28.2. The highest BCUT2D eigenvalue weighted by molar-refractivity contribution is 6.39. The quantitative estimate of drug-likeness (QED) is 0.176. The summed E-state index contributed by atoms with van der Waals surface area (Å²) in [6.45, 7) is 9.75. The highest BCUT2D eigenvalue weighted by Crippen LogP contribution is 2.43. The van der Waals surface area contributed by atoms with Crippen molar-refractivity contribution in [1.82, 2.24) is 0 Å². The smallest absolute Gasteiger partial charge is 0.276 e. The second-order valence-electron chi connectivity index (χ2n) is 6.91. The molecule has 0 fully saturated rings. The summed E-state index contributed by atoms with van der Waals surface area (Å²) in [5, 5.41) is 8.43. The maximum Gasteiger partial charge on any atom is 0.276 e. The topological polar surface area (TPSA) is 99.0 Å². The van der Waals surface area contributed by atoms with Gasteiger partial charge in [-0.05, 0) is 58.9 Å². The summed E-state index contributed by atoms with van der Waals surface area (Å²) in [7, 11) is 0. The maximum atomic E-state index is 13.3. The predicted molar refractivity (Wildman–Crippen MR) is 135 cm³/mol. The zero-order valence-corrected chi connectivity index (χ0v) is 21.9. The number of ether oxygens (including phenoxy) is 4. The number of Topliss-reactive ketones (excluding diaryl/α,β-unsaturated/α-hetero) is 1. The molecule has 0 aliphatic rings. The molecule has 35 heavy (non-hydrogen) atoms. The van der Waals surface area contributed by atoms with E-state index in [0.29, 0.717) is 37.9 Å². The molecule has 0 aromatic heterocycles. The molecule has 0 spiro atoms. The van der Waals surface area contributed by atoms with Crippen molar-refractivity contribution in [2.24, 2.45) is 10.2 Å². The lowest BCUT2D eigenvalue weighted by Gasteiger charge is -2.21. The fourth-order valence-electron chi connectivity index (χ4n) is 3.04. The fourth-order valence-corrected chi connectivity index (χ4v) is 3.47. The van der Waals surface area contributed by atoms with Crippen molar-refractivity contribution in [3.8, 4) is 23.0 Å². The Morgan fingerprint density at radius 1 is 0.886 bits per heavy atom. The van der Waals surface area contributed by atoms with Crippen LogP contribution in [0, 0.1) is 0 Å². The van der Waals surface area contributed by atoms with Gasteiger partial charge in [0.25, 0.3) is 5.91 Å². The molecule has 2 aromatic rings. The molecular weight excluding hydrogens is 497 g/mol. The molecule has 0 aliphatic carbocycles. The Labute approximate surface area is 215 Å². The Hall–Kier alpha value is -3.04. The van der Waals surface area contributed by atoms with Crippen LogP contribution in [0.5, 0.6) is 23.0 Å². The van der Waals surface area contributed by atoms with Crippen molar-refractivity contribution >= 4 is 46.4 Å². The van der Waals surface area contributed by atoms with Gasteiger partial charge in [0.1, 0.15) is 5.69 Å². The summed E-state index contributed by atoms with van der Waals surface area (Å²) in [6, 6.07) is 6.59. The van der Waals surface area contributed by atoms with Gasteiger partial charge in [0, 0.05) is 11.8 Å². The Balaban J connectivity index is 2.49. The largest absolute Gasteiger partial charge is 0.491 e. The molecule has 190 valence electrons. The van der Waals surface area contributed by atoms with E-state index in [9.17, 15) is 9.59 Å². The van der Waals surface area contributed by atoms with E-state index in [1.807, 2.05) is 6.92 Å². The predicted octanol–water partition coefficient (Wildman–Crippen LogP) is 6.16. The number of para-hydroxylation sites is 1. The van der Waals surface area contributed by atoms with Crippen molar-refractivity contribution in [2.45, 2.75) is 40.7 Å². The van der Waals surface area contributed by atoms with E-state index in [1.165, 1.54) is 6.92 Å². The molecule has 0 saturated carbocycles. The molecule has 0 saturated heterocycles. The molecule has 1 atom stereocenters. The third-order valence-corrected chi connectivity index (χ3v) is 5.13. The molecule has 9 nitrogen and oxygen atoms in total. The molecule has 1 unspecified atom stereocenters. The number of azo groups is 1. The molecule has 0 bridgehead atoms. The molecule has 0 heterocycles. The highest BCUT2D eigenvalue weighted by atomic mass is 35.5. The number of halogens is 2. The number of hydrogen-bond acceptors (Lipinski definition) is 8. The standard InChI is InChI=1S/C24H29Cl2N3O6/c1-6-32-18-14-13-16(25)22(34-8-3)21(18)28-27-20(15(5)30)24(31)29(26)17-11-10-12-19(33-7-2)23(17)35-9-4/h10-14,20H,6-9H2,1-5H3. The van der Waals surface area contributed by atoms with Crippen molar-refractivity contribution < 1.29 is 28.5 Å². The van der Waals surface area contributed by atoms with E-state index in [1.54, 1.807) is 51.1 Å². The number of benzene rings is 2. The van der Waals surface area contributed by atoms with E-state index in [4.69, 9.17) is 42.3 Å². The summed E-state index contributed by atoms with van der Waals surface area (Å²) in [5.74, 6) is -0.148. The van der Waals surface area contributed by atoms with Crippen LogP contribution in [0.15, 0.2) is 40.6 Å². The summed E-state index contributed by atoms with van der Waals surface area (Å²) in [4.78, 5) is 25.7. The lowest BCUT2D eigenvalue weighted by Crippen LogP contribution is -2.36. The van der Waals surface area contributed by atoms with Gasteiger partial charge < -0.3 is 18.9 Å². The summed E-state index contributed by atoms with van der Waals surface area (Å²) in [5.41, 5.74) is 0.369. The third kappa shape index (κ3) is 6.99. The van der Waals surface area contributed by atoms with Gasteiger partial charge in [-0.2, -0.15) is 5.11 Å². The van der Waals surface area contributed by atoms with Crippen molar-refractivity contribution in [1.29, 1.82) is 0 Å². The van der Waals surface area contributed by atoms with E-state index >= 15 is 0 Å². The fraction of sp³-hybridized carbons (Fsp3) is 0.417. The zero-order valence-electron chi connectivity index (χ0n) is 20.3. The SMILES string of the molecule is CCOc1ccc(Cl)c(OCC)c1N=NC(C(C)=O)C(=O)N(Cl)c1cccc(OCC)c1OCC. The summed E-state index contributed by atoms with van der Waals surface area (Å²) in [6.07, 6.45) is 0. The maximum absolute atomic E-state index is 13.3. The normalized spacial score (nSPS) is 11.7. The van der Waals surface area contributed by atoms with Crippen molar-refractivity contribution in [2.75, 3.05) is 30.8 Å². The van der Waals surface area contributed by atoms with Crippen LogP contribution in [0.2, 0.25) is 5.02 Å². The average Bonchev–Trinajstić information content (AvgIpc) is 2.83. The first-order valence-corrected chi connectivity index (χ1v) is 11.9. The highest BCUT2D eigenvalue weighted by Gasteiger charge is 2.31. The second kappa shape index (κ2) is 13.7. The molecule has 0 aliphatic heterocycles. The average molecular weight is 526 g/mol.